The fourth-order valence-electron chi connectivity index (χ4n) is 2.77. The number of carbonyl (C=O) groups is 1. The van der Waals surface area contributed by atoms with Gasteiger partial charge in [0.05, 0.1) is 17.5 Å². The minimum Gasteiger partial charge on any atom is -0.484 e. The van der Waals surface area contributed by atoms with Crippen LogP contribution in [0.25, 0.3) is 10.9 Å². The fourth-order valence-corrected chi connectivity index (χ4v) is 2.94. The first-order valence-corrected chi connectivity index (χ1v) is 8.35. The SMILES string of the molecule is Cc1ccc(Cl)c(OCC(=O)c2cn(CCC#N)c3ccccc23)c1. The maximum atomic E-state index is 12.7. The van der Waals surface area contributed by atoms with Crippen molar-refractivity contribution in [2.24, 2.45) is 0 Å². The molecule has 3 rings (SSSR count). The number of fused-ring (bicyclic) bond motifs is 1. The lowest BCUT2D eigenvalue weighted by molar-refractivity contribution is 0.0923. The number of carbonyl (C=O) groups excluding carboxylic acids is 1. The number of aromatic nitrogens is 1. The molecule has 0 amide bonds. The predicted molar refractivity (Wildman–Crippen MR) is 98.2 cm³/mol. The Hall–Kier alpha value is -2.77. The summed E-state index contributed by atoms with van der Waals surface area (Å²) >= 11 is 6.11. The highest BCUT2D eigenvalue weighted by Gasteiger charge is 2.16. The third kappa shape index (κ3) is 3.67. The number of ketones is 1. The average molecular weight is 353 g/mol. The molecule has 0 saturated heterocycles. The molecule has 1 heterocycles. The Bertz CT molecular complexity index is 969. The van der Waals surface area contributed by atoms with E-state index in [1.54, 1.807) is 12.3 Å². The third-order valence-corrected chi connectivity index (χ3v) is 4.31. The predicted octanol–water partition coefficient (Wildman–Crippen LogP) is 4.78. The van der Waals surface area contributed by atoms with E-state index in [1.165, 1.54) is 0 Å². The van der Waals surface area contributed by atoms with E-state index in [2.05, 4.69) is 6.07 Å². The molecule has 0 aliphatic carbocycles. The minimum atomic E-state index is -0.121. The number of aryl methyl sites for hydroxylation is 2. The quantitative estimate of drug-likeness (QED) is 0.600. The maximum Gasteiger partial charge on any atom is 0.202 e. The van der Waals surface area contributed by atoms with Gasteiger partial charge in [-0.25, -0.2) is 0 Å². The number of halogens is 1. The number of hydrogen-bond acceptors (Lipinski definition) is 3. The molecule has 0 unspecified atom stereocenters. The molecule has 0 aliphatic rings. The molecule has 0 bridgehead atoms. The van der Waals surface area contributed by atoms with Gasteiger partial charge in [0.2, 0.25) is 5.78 Å². The summed E-state index contributed by atoms with van der Waals surface area (Å²) in [7, 11) is 0. The molecule has 1 aromatic heterocycles. The topological polar surface area (TPSA) is 55.0 Å². The molecule has 0 aliphatic heterocycles. The summed E-state index contributed by atoms with van der Waals surface area (Å²) in [5.74, 6) is 0.382. The van der Waals surface area contributed by atoms with Crippen molar-refractivity contribution in [3.63, 3.8) is 0 Å². The molecule has 3 aromatic rings. The van der Waals surface area contributed by atoms with Crippen LogP contribution in [0.2, 0.25) is 5.02 Å². The average Bonchev–Trinajstić information content (AvgIpc) is 2.99. The maximum absolute atomic E-state index is 12.7. The first-order valence-electron chi connectivity index (χ1n) is 7.97. The van der Waals surface area contributed by atoms with Crippen LogP contribution in [0.4, 0.5) is 0 Å². The fraction of sp³-hybridized carbons (Fsp3) is 0.200. The van der Waals surface area contributed by atoms with Crippen LogP contribution in [0, 0.1) is 18.3 Å². The van der Waals surface area contributed by atoms with Crippen molar-refractivity contribution in [1.82, 2.24) is 4.57 Å². The van der Waals surface area contributed by atoms with Gasteiger partial charge in [-0.15, -0.1) is 0 Å². The van der Waals surface area contributed by atoms with Gasteiger partial charge >= 0.3 is 0 Å². The largest absolute Gasteiger partial charge is 0.484 e. The Morgan fingerprint density at radius 1 is 1.28 bits per heavy atom. The molecule has 4 nitrogen and oxygen atoms in total. The molecule has 126 valence electrons. The van der Waals surface area contributed by atoms with Crippen LogP contribution in [-0.2, 0) is 6.54 Å². The van der Waals surface area contributed by atoms with Gasteiger partial charge in [-0.05, 0) is 30.7 Å². The first-order chi connectivity index (χ1) is 12.1. The van der Waals surface area contributed by atoms with Crippen LogP contribution >= 0.6 is 11.6 Å². The van der Waals surface area contributed by atoms with Gasteiger partial charge in [-0.2, -0.15) is 5.26 Å². The summed E-state index contributed by atoms with van der Waals surface area (Å²) in [4.78, 5) is 12.7. The molecule has 0 saturated carbocycles. The summed E-state index contributed by atoms with van der Waals surface area (Å²) in [5.41, 5.74) is 2.55. The first kappa shape index (κ1) is 17.1. The van der Waals surface area contributed by atoms with Crippen LogP contribution in [0.15, 0.2) is 48.7 Å². The van der Waals surface area contributed by atoms with Crippen molar-refractivity contribution < 1.29 is 9.53 Å². The summed E-state index contributed by atoms with van der Waals surface area (Å²) in [6.45, 7) is 2.40. The van der Waals surface area contributed by atoms with Gasteiger partial charge in [0, 0.05) is 29.2 Å². The van der Waals surface area contributed by atoms with Crippen molar-refractivity contribution in [1.29, 1.82) is 5.26 Å². The van der Waals surface area contributed by atoms with Crippen molar-refractivity contribution in [3.05, 3.63) is 64.8 Å². The second-order valence-corrected chi connectivity index (χ2v) is 6.21. The highest BCUT2D eigenvalue weighted by Crippen LogP contribution is 2.26. The van der Waals surface area contributed by atoms with Crippen LogP contribution in [0.3, 0.4) is 0 Å². The molecule has 5 heteroatoms. The van der Waals surface area contributed by atoms with E-state index in [1.807, 2.05) is 47.9 Å². The van der Waals surface area contributed by atoms with Crippen LogP contribution < -0.4 is 4.74 Å². The monoisotopic (exact) mass is 352 g/mol. The van der Waals surface area contributed by atoms with Gasteiger partial charge in [0.1, 0.15) is 5.75 Å². The van der Waals surface area contributed by atoms with E-state index >= 15 is 0 Å². The third-order valence-electron chi connectivity index (χ3n) is 4.00. The lowest BCUT2D eigenvalue weighted by Crippen LogP contribution is -2.11. The number of para-hydroxylation sites is 1. The standard InChI is InChI=1S/C20H17ClN2O2/c1-14-7-8-17(21)20(11-14)25-13-19(24)16-12-23(10-4-9-22)18-6-3-2-5-15(16)18/h2-3,5-8,11-12H,4,10,13H2,1H3. The lowest BCUT2D eigenvalue weighted by atomic mass is 10.1. The summed E-state index contributed by atoms with van der Waals surface area (Å²) in [6.07, 6.45) is 2.19. The zero-order chi connectivity index (χ0) is 17.8. The van der Waals surface area contributed by atoms with E-state index in [0.717, 1.165) is 16.5 Å². The zero-order valence-electron chi connectivity index (χ0n) is 13.8. The van der Waals surface area contributed by atoms with E-state index < -0.39 is 0 Å². The Balaban J connectivity index is 1.85. The molecule has 2 aromatic carbocycles. The van der Waals surface area contributed by atoms with Crippen molar-refractivity contribution >= 4 is 28.3 Å². The normalized spacial score (nSPS) is 10.6. The summed E-state index contributed by atoms with van der Waals surface area (Å²) in [6, 6.07) is 15.3. The summed E-state index contributed by atoms with van der Waals surface area (Å²) < 4.78 is 7.57. The van der Waals surface area contributed by atoms with Gasteiger partial charge in [-0.3, -0.25) is 4.79 Å². The Morgan fingerprint density at radius 3 is 2.88 bits per heavy atom. The van der Waals surface area contributed by atoms with Gasteiger partial charge in [0.25, 0.3) is 0 Å². The highest BCUT2D eigenvalue weighted by molar-refractivity contribution is 6.32. The second-order valence-electron chi connectivity index (χ2n) is 5.81. The zero-order valence-corrected chi connectivity index (χ0v) is 14.6. The Labute approximate surface area is 151 Å². The van der Waals surface area contributed by atoms with E-state index in [-0.39, 0.29) is 12.4 Å². The van der Waals surface area contributed by atoms with Gasteiger partial charge < -0.3 is 9.30 Å². The highest BCUT2D eigenvalue weighted by atomic mass is 35.5. The molecule has 0 N–H and O–H groups in total. The van der Waals surface area contributed by atoms with Crippen LogP contribution in [0.1, 0.15) is 22.3 Å². The Kier molecular flexibility index (Phi) is 5.06. The van der Waals surface area contributed by atoms with Crippen molar-refractivity contribution in [2.75, 3.05) is 6.61 Å². The van der Waals surface area contributed by atoms with Crippen LogP contribution in [-0.4, -0.2) is 17.0 Å². The van der Waals surface area contributed by atoms with Gasteiger partial charge in [0.15, 0.2) is 6.61 Å². The van der Waals surface area contributed by atoms with Crippen molar-refractivity contribution in [2.45, 2.75) is 19.9 Å². The number of benzene rings is 2. The number of ether oxygens (including phenoxy) is 1. The molecule has 0 spiro atoms. The number of hydrogen-bond donors (Lipinski definition) is 0. The molecule has 0 atom stereocenters. The van der Waals surface area contributed by atoms with E-state index in [9.17, 15) is 4.79 Å². The Morgan fingerprint density at radius 2 is 2.08 bits per heavy atom. The van der Waals surface area contributed by atoms with Crippen molar-refractivity contribution in [3.8, 4) is 11.8 Å². The number of nitrogens with zero attached hydrogens (tertiary/aromatic N) is 2. The molecule has 0 fully saturated rings. The smallest absolute Gasteiger partial charge is 0.202 e. The number of rotatable bonds is 6. The molecular weight excluding hydrogens is 336 g/mol. The molecular formula is C20H17ClN2O2. The number of nitriles is 1. The molecule has 0 radical (unpaired) electrons. The lowest BCUT2D eigenvalue weighted by Gasteiger charge is -2.08. The summed E-state index contributed by atoms with van der Waals surface area (Å²) in [5, 5.41) is 10.2. The second kappa shape index (κ2) is 7.42. The minimum absolute atomic E-state index is 0.0879. The van der Waals surface area contributed by atoms with E-state index in [4.69, 9.17) is 21.6 Å². The molecule has 25 heavy (non-hydrogen) atoms. The number of Topliss-reactive ketones (excluding diaryl/α,β-unsaturated/α-hetero) is 1. The van der Waals surface area contributed by atoms with Crippen LogP contribution in [0.5, 0.6) is 5.75 Å². The van der Waals surface area contributed by atoms with E-state index in [0.29, 0.717) is 29.3 Å². The van der Waals surface area contributed by atoms with Gasteiger partial charge in [-0.1, -0.05) is 35.9 Å².